The quantitative estimate of drug-likeness (QED) is 0.387. The second-order valence-corrected chi connectivity index (χ2v) is 8.77. The number of hydrogen-bond acceptors (Lipinski definition) is 4. The Bertz CT molecular complexity index is 1010. The number of fused-ring (bicyclic) bond motifs is 1. The molecule has 1 aliphatic heterocycles. The van der Waals surface area contributed by atoms with Crippen LogP contribution in [-0.4, -0.2) is 64.6 Å². The van der Waals surface area contributed by atoms with Crippen molar-refractivity contribution in [2.75, 3.05) is 19.6 Å². The molecule has 2 aliphatic rings. The van der Waals surface area contributed by atoms with Crippen LogP contribution >= 0.6 is 0 Å². The predicted molar refractivity (Wildman–Crippen MR) is 129 cm³/mol. The summed E-state index contributed by atoms with van der Waals surface area (Å²) in [6.45, 7) is 4.31. The summed E-state index contributed by atoms with van der Waals surface area (Å²) in [6, 6.07) is 9.41. The summed E-state index contributed by atoms with van der Waals surface area (Å²) in [5.74, 6) is -1.22. The van der Waals surface area contributed by atoms with Crippen molar-refractivity contribution in [1.29, 1.82) is 0 Å². The lowest BCUT2D eigenvalue weighted by molar-refractivity contribution is -0.428. The lowest BCUT2D eigenvalue weighted by Crippen LogP contribution is -2.56. The summed E-state index contributed by atoms with van der Waals surface area (Å²) in [5, 5.41) is 5.70. The largest absolute Gasteiger partial charge is 0.501 e. The second kappa shape index (κ2) is 12.1. The third-order valence-corrected chi connectivity index (χ3v) is 5.67. The molecule has 1 aliphatic carbocycles. The fraction of sp³-hybridized carbons (Fsp3) is 0.423. The third-order valence-electron chi connectivity index (χ3n) is 5.67. The zero-order chi connectivity index (χ0) is 24.5. The molecule has 8 heteroatoms. The van der Waals surface area contributed by atoms with E-state index in [0.29, 0.717) is 37.9 Å². The van der Waals surface area contributed by atoms with Gasteiger partial charge in [0.05, 0.1) is 6.54 Å². The number of urea groups is 1. The van der Waals surface area contributed by atoms with Crippen LogP contribution in [0.25, 0.3) is 0 Å². The summed E-state index contributed by atoms with van der Waals surface area (Å²) >= 11 is 0. The van der Waals surface area contributed by atoms with Crippen LogP contribution in [0.5, 0.6) is 0 Å². The number of unbranched alkanes of at least 4 members (excludes halogenated alkanes) is 1. The first-order chi connectivity index (χ1) is 16.4. The number of allylic oxidation sites excluding steroid dienone is 3. The maximum absolute atomic E-state index is 13.2. The average molecular weight is 466 g/mol. The molecule has 1 aromatic rings. The number of carbonyl (C=O) groups excluding carboxylic acids is 4. The Morgan fingerprint density at radius 3 is 2.56 bits per heavy atom. The van der Waals surface area contributed by atoms with Gasteiger partial charge in [-0.25, -0.2) is 4.79 Å². The average Bonchev–Trinajstić information content (AvgIpc) is 2.81. The first-order valence-corrected chi connectivity index (χ1v) is 11.8. The van der Waals surface area contributed by atoms with E-state index in [-0.39, 0.29) is 36.9 Å². The van der Waals surface area contributed by atoms with Gasteiger partial charge in [0.15, 0.2) is 6.54 Å². The molecule has 8 nitrogen and oxygen atoms in total. The van der Waals surface area contributed by atoms with Gasteiger partial charge in [-0.2, -0.15) is 14.3 Å². The van der Waals surface area contributed by atoms with Gasteiger partial charge in [0.2, 0.25) is 5.91 Å². The number of carbonyl (C=O) groups is 4. The smallest absolute Gasteiger partial charge is 0.354 e. The van der Waals surface area contributed by atoms with Crippen LogP contribution in [0.15, 0.2) is 54.6 Å². The van der Waals surface area contributed by atoms with Crippen LogP contribution in [0.1, 0.15) is 38.7 Å². The highest BCUT2D eigenvalue weighted by Crippen LogP contribution is 2.20. The van der Waals surface area contributed by atoms with E-state index in [9.17, 15) is 19.2 Å². The van der Waals surface area contributed by atoms with Gasteiger partial charge in [-0.05, 0) is 44.7 Å². The van der Waals surface area contributed by atoms with Crippen molar-refractivity contribution >= 4 is 29.5 Å². The number of rotatable bonds is 11. The van der Waals surface area contributed by atoms with E-state index in [4.69, 9.17) is 0 Å². The van der Waals surface area contributed by atoms with Gasteiger partial charge in [0.1, 0.15) is 11.6 Å². The van der Waals surface area contributed by atoms with Gasteiger partial charge in [-0.15, -0.1) is 0 Å². The molecular weight excluding hydrogens is 432 g/mol. The van der Waals surface area contributed by atoms with Crippen molar-refractivity contribution in [1.82, 2.24) is 15.5 Å². The fourth-order valence-electron chi connectivity index (χ4n) is 4.02. The molecule has 34 heavy (non-hydrogen) atoms. The topological polar surface area (TPSA) is 98.6 Å². The van der Waals surface area contributed by atoms with E-state index in [1.807, 2.05) is 44.2 Å². The minimum Gasteiger partial charge on any atom is -0.354 e. The number of nitrogens with zero attached hydrogens (tertiary/aromatic N) is 2. The molecule has 0 spiro atoms. The molecule has 0 bridgehead atoms. The standard InChI is InChI=1S/C26H32N4O4/c1-19(2)28-23(31)14-8-9-17-29-25(33)21-12-6-7-13-22(21)30(26(29)34)18-24(32)27-16-15-20-10-4-3-5-11-20/h3-7,10-13,19,21H,8-9,14-18H2,1-2H3,(H-,27,28,31,32)/p+1. The Kier molecular flexibility index (Phi) is 8.90. The van der Waals surface area contributed by atoms with Crippen LogP contribution in [0, 0.1) is 5.92 Å². The zero-order valence-electron chi connectivity index (χ0n) is 19.8. The Balaban J connectivity index is 1.60. The van der Waals surface area contributed by atoms with Crippen LogP contribution in [0.3, 0.4) is 0 Å². The Labute approximate surface area is 200 Å². The zero-order valence-corrected chi connectivity index (χ0v) is 19.8. The lowest BCUT2D eigenvalue weighted by atomic mass is 9.94. The fourth-order valence-corrected chi connectivity index (χ4v) is 4.02. The van der Waals surface area contributed by atoms with Gasteiger partial charge in [0, 0.05) is 19.0 Å². The highest BCUT2D eigenvalue weighted by molar-refractivity contribution is 6.16. The van der Waals surface area contributed by atoms with Crippen molar-refractivity contribution in [3.63, 3.8) is 0 Å². The summed E-state index contributed by atoms with van der Waals surface area (Å²) in [6.07, 6.45) is 9.10. The van der Waals surface area contributed by atoms with E-state index >= 15 is 0 Å². The van der Waals surface area contributed by atoms with Crippen LogP contribution in [0.4, 0.5) is 4.79 Å². The number of hydrogen-bond donors (Lipinski definition) is 2. The van der Waals surface area contributed by atoms with Crippen molar-refractivity contribution < 1.29 is 23.8 Å². The van der Waals surface area contributed by atoms with Gasteiger partial charge in [0.25, 0.3) is 5.91 Å². The highest BCUT2D eigenvalue weighted by atomic mass is 16.2. The van der Waals surface area contributed by atoms with Gasteiger partial charge in [-0.3, -0.25) is 9.59 Å². The molecule has 0 saturated heterocycles. The van der Waals surface area contributed by atoms with E-state index < -0.39 is 11.9 Å². The molecule has 180 valence electrons. The summed E-state index contributed by atoms with van der Waals surface area (Å²) < 4.78 is 1.38. The Morgan fingerprint density at radius 1 is 1.06 bits per heavy atom. The molecule has 0 radical (unpaired) electrons. The molecule has 2 N–H and O–H groups in total. The maximum atomic E-state index is 13.2. The van der Waals surface area contributed by atoms with E-state index in [2.05, 4.69) is 10.6 Å². The van der Waals surface area contributed by atoms with E-state index in [0.717, 1.165) is 5.56 Å². The first-order valence-electron chi connectivity index (χ1n) is 11.8. The number of imide groups is 1. The molecule has 0 fully saturated rings. The van der Waals surface area contributed by atoms with Crippen molar-refractivity contribution in [3.05, 3.63) is 60.2 Å². The first kappa shape index (κ1) is 25.1. The molecule has 1 heterocycles. The normalized spacial score (nSPS) is 17.3. The molecule has 3 rings (SSSR count). The minimum atomic E-state index is -0.593. The molecule has 1 atom stereocenters. The number of amides is 5. The summed E-state index contributed by atoms with van der Waals surface area (Å²) in [7, 11) is 0. The molecule has 1 unspecified atom stereocenters. The monoisotopic (exact) mass is 465 g/mol. The second-order valence-electron chi connectivity index (χ2n) is 8.77. The molecule has 0 aromatic heterocycles. The minimum absolute atomic E-state index is 0.0453. The lowest BCUT2D eigenvalue weighted by Gasteiger charge is -2.26. The van der Waals surface area contributed by atoms with Crippen LogP contribution in [0.2, 0.25) is 0 Å². The maximum Gasteiger partial charge on any atom is 0.501 e. The highest BCUT2D eigenvalue weighted by Gasteiger charge is 2.46. The van der Waals surface area contributed by atoms with E-state index in [1.54, 1.807) is 24.3 Å². The molecule has 5 amide bonds. The third kappa shape index (κ3) is 6.73. The Morgan fingerprint density at radius 2 is 1.82 bits per heavy atom. The Hall–Kier alpha value is -3.55. The molecule has 0 saturated carbocycles. The van der Waals surface area contributed by atoms with Crippen LogP contribution in [-0.2, 0) is 20.8 Å². The van der Waals surface area contributed by atoms with Gasteiger partial charge in [-0.1, -0.05) is 48.6 Å². The van der Waals surface area contributed by atoms with Crippen molar-refractivity contribution in [3.8, 4) is 0 Å². The van der Waals surface area contributed by atoms with Gasteiger partial charge < -0.3 is 10.6 Å². The summed E-state index contributed by atoms with van der Waals surface area (Å²) in [4.78, 5) is 51.9. The predicted octanol–water partition coefficient (Wildman–Crippen LogP) is 2.20. The molecular formula is C26H33N4O4+. The molecule has 1 aromatic carbocycles. The van der Waals surface area contributed by atoms with Crippen molar-refractivity contribution in [2.24, 2.45) is 5.92 Å². The SMILES string of the molecule is CC(C)NC(=O)CCCCN1C(=O)C2C=CC=CC2=[N+](CC(=O)NCCc2ccccc2)C1=O. The number of nitrogens with one attached hydrogen (secondary N) is 2. The number of benzene rings is 1. The summed E-state index contributed by atoms with van der Waals surface area (Å²) in [5.41, 5.74) is 1.63. The van der Waals surface area contributed by atoms with Crippen LogP contribution < -0.4 is 10.6 Å². The van der Waals surface area contributed by atoms with Crippen molar-refractivity contribution in [2.45, 2.75) is 45.6 Å². The van der Waals surface area contributed by atoms with Gasteiger partial charge >= 0.3 is 11.9 Å². The van der Waals surface area contributed by atoms with E-state index in [1.165, 1.54) is 9.48 Å².